The Labute approximate surface area is 109 Å². The molecule has 1 aromatic heterocycles. The molecular formula is C13H12N4O2. The van der Waals surface area contributed by atoms with Gasteiger partial charge >= 0.3 is 5.97 Å². The zero-order valence-corrected chi connectivity index (χ0v) is 10.3. The van der Waals surface area contributed by atoms with E-state index in [1.807, 2.05) is 24.3 Å². The van der Waals surface area contributed by atoms with Crippen molar-refractivity contribution in [3.63, 3.8) is 0 Å². The van der Waals surface area contributed by atoms with Crippen LogP contribution in [0.25, 0.3) is 27.4 Å². The molecule has 0 amide bonds. The minimum Gasteiger partial charge on any atom is -0.464 e. The van der Waals surface area contributed by atoms with Crippen LogP contribution in [0.1, 0.15) is 16.1 Å². The number of nitrogens with one attached hydrogen (secondary N) is 1. The highest BCUT2D eigenvalue weighted by atomic mass is 16.5. The maximum absolute atomic E-state index is 11.4. The fraction of sp³-hybridized carbons (Fsp3) is 0.154. The summed E-state index contributed by atoms with van der Waals surface area (Å²) in [5.74, 6) is -0.392. The van der Waals surface area contributed by atoms with Crippen molar-refractivity contribution in [3.8, 4) is 0 Å². The van der Waals surface area contributed by atoms with Crippen molar-refractivity contribution in [3.05, 3.63) is 52.0 Å². The summed E-state index contributed by atoms with van der Waals surface area (Å²) in [6, 6.07) is 7.48. The molecule has 0 radical (unpaired) electrons. The molecule has 96 valence electrons. The van der Waals surface area contributed by atoms with Crippen molar-refractivity contribution in [2.24, 2.45) is 5.11 Å². The molecule has 0 bridgehead atoms. The molecule has 2 aromatic rings. The standard InChI is InChI=1S/C13H12N4O2/c1-19-13(18)12-8-10-5-4-9(7-11(10)16-12)3-2-6-15-17-14/h2-5,7-8,16H,6H2,1H3. The highest BCUT2D eigenvalue weighted by molar-refractivity contribution is 5.95. The lowest BCUT2D eigenvalue weighted by molar-refractivity contribution is 0.0595. The van der Waals surface area contributed by atoms with E-state index in [4.69, 9.17) is 5.53 Å². The third-order valence-electron chi connectivity index (χ3n) is 2.61. The van der Waals surface area contributed by atoms with Crippen molar-refractivity contribution >= 4 is 22.9 Å². The summed E-state index contributed by atoms with van der Waals surface area (Å²) in [5.41, 5.74) is 10.4. The second-order valence-corrected chi connectivity index (χ2v) is 3.84. The quantitative estimate of drug-likeness (QED) is 0.393. The molecule has 6 heteroatoms. The Kier molecular flexibility index (Phi) is 3.85. The number of carbonyl (C=O) groups excluding carboxylic acids is 1. The van der Waals surface area contributed by atoms with Crippen LogP contribution >= 0.6 is 0 Å². The Hall–Kier alpha value is -2.72. The molecule has 1 aromatic carbocycles. The number of azide groups is 1. The Balaban J connectivity index is 2.27. The molecule has 0 saturated carbocycles. The summed E-state index contributed by atoms with van der Waals surface area (Å²) in [7, 11) is 1.34. The smallest absolute Gasteiger partial charge is 0.354 e. The van der Waals surface area contributed by atoms with Crippen LogP contribution in [0, 0.1) is 0 Å². The maximum atomic E-state index is 11.4. The Morgan fingerprint density at radius 3 is 3.11 bits per heavy atom. The first-order chi connectivity index (χ1) is 9.24. The van der Waals surface area contributed by atoms with Crippen LogP contribution in [0.15, 0.2) is 35.5 Å². The predicted molar refractivity (Wildman–Crippen MR) is 72.7 cm³/mol. The normalized spacial score (nSPS) is 10.6. The summed E-state index contributed by atoms with van der Waals surface area (Å²) in [4.78, 5) is 17.1. The monoisotopic (exact) mass is 256 g/mol. The number of carbonyl (C=O) groups is 1. The van der Waals surface area contributed by atoms with Gasteiger partial charge in [0.1, 0.15) is 5.69 Å². The highest BCUT2D eigenvalue weighted by Gasteiger charge is 2.08. The van der Waals surface area contributed by atoms with Crippen LogP contribution < -0.4 is 0 Å². The number of rotatable bonds is 4. The van der Waals surface area contributed by atoms with Crippen molar-refractivity contribution in [1.82, 2.24) is 4.98 Å². The van der Waals surface area contributed by atoms with Crippen LogP contribution in [0.3, 0.4) is 0 Å². The summed E-state index contributed by atoms with van der Waals surface area (Å²) < 4.78 is 4.66. The number of aromatic amines is 1. The molecule has 0 spiro atoms. The minimum absolute atomic E-state index is 0.312. The molecule has 0 fully saturated rings. The van der Waals surface area contributed by atoms with Crippen molar-refractivity contribution in [2.45, 2.75) is 0 Å². The fourth-order valence-electron chi connectivity index (χ4n) is 1.74. The number of hydrogen-bond donors (Lipinski definition) is 1. The number of methoxy groups -OCH3 is 1. The summed E-state index contributed by atoms with van der Waals surface area (Å²) in [5, 5.41) is 4.35. The first kappa shape index (κ1) is 12.7. The van der Waals surface area contributed by atoms with E-state index in [1.54, 1.807) is 12.1 Å². The largest absolute Gasteiger partial charge is 0.464 e. The van der Waals surface area contributed by atoms with Gasteiger partial charge in [-0.15, -0.1) is 0 Å². The second kappa shape index (κ2) is 5.75. The molecule has 2 rings (SSSR count). The van der Waals surface area contributed by atoms with Gasteiger partial charge in [-0.05, 0) is 23.2 Å². The van der Waals surface area contributed by atoms with E-state index >= 15 is 0 Å². The lowest BCUT2D eigenvalue weighted by Crippen LogP contribution is -2.00. The number of benzene rings is 1. The SMILES string of the molecule is COC(=O)c1cc2ccc(C=CCN=[N+]=[N-])cc2[nH]1. The molecule has 0 atom stereocenters. The molecule has 0 aliphatic rings. The van der Waals surface area contributed by atoms with Gasteiger partial charge in [0, 0.05) is 22.4 Å². The van der Waals surface area contributed by atoms with E-state index in [1.165, 1.54) is 7.11 Å². The third kappa shape index (κ3) is 2.94. The summed E-state index contributed by atoms with van der Waals surface area (Å²) >= 11 is 0. The van der Waals surface area contributed by atoms with Crippen LogP contribution in [0.2, 0.25) is 0 Å². The average molecular weight is 256 g/mol. The van der Waals surface area contributed by atoms with E-state index < -0.39 is 5.97 Å². The van der Waals surface area contributed by atoms with Crippen molar-refractivity contribution in [1.29, 1.82) is 0 Å². The van der Waals surface area contributed by atoms with E-state index in [0.717, 1.165) is 16.5 Å². The van der Waals surface area contributed by atoms with E-state index in [2.05, 4.69) is 19.7 Å². The average Bonchev–Trinajstić information content (AvgIpc) is 2.85. The molecule has 1 N–H and O–H groups in total. The Morgan fingerprint density at radius 1 is 1.53 bits per heavy atom. The first-order valence-corrected chi connectivity index (χ1v) is 5.63. The summed E-state index contributed by atoms with van der Waals surface area (Å²) in [6.45, 7) is 0.312. The van der Waals surface area contributed by atoms with Crippen LogP contribution in [0.5, 0.6) is 0 Å². The van der Waals surface area contributed by atoms with Gasteiger partial charge in [-0.1, -0.05) is 29.4 Å². The number of fused-ring (bicyclic) bond motifs is 1. The van der Waals surface area contributed by atoms with E-state index in [-0.39, 0.29) is 0 Å². The molecule has 6 nitrogen and oxygen atoms in total. The molecular weight excluding hydrogens is 244 g/mol. The zero-order chi connectivity index (χ0) is 13.7. The number of aromatic nitrogens is 1. The minimum atomic E-state index is -0.392. The van der Waals surface area contributed by atoms with Gasteiger partial charge in [-0.2, -0.15) is 0 Å². The fourth-order valence-corrected chi connectivity index (χ4v) is 1.74. The van der Waals surface area contributed by atoms with Gasteiger partial charge in [0.05, 0.1) is 7.11 Å². The molecule has 1 heterocycles. The number of nitrogens with zero attached hydrogens (tertiary/aromatic N) is 3. The van der Waals surface area contributed by atoms with Crippen LogP contribution in [-0.2, 0) is 4.74 Å². The Morgan fingerprint density at radius 2 is 2.37 bits per heavy atom. The summed E-state index contributed by atoms with van der Waals surface area (Å²) in [6.07, 6.45) is 3.62. The van der Waals surface area contributed by atoms with E-state index in [0.29, 0.717) is 12.2 Å². The van der Waals surface area contributed by atoms with Gasteiger partial charge in [0.15, 0.2) is 0 Å². The van der Waals surface area contributed by atoms with Crippen LogP contribution in [0.4, 0.5) is 0 Å². The molecule has 19 heavy (non-hydrogen) atoms. The lowest BCUT2D eigenvalue weighted by atomic mass is 10.1. The number of ether oxygens (including phenoxy) is 1. The highest BCUT2D eigenvalue weighted by Crippen LogP contribution is 2.18. The lowest BCUT2D eigenvalue weighted by Gasteiger charge is -1.94. The topological polar surface area (TPSA) is 90.8 Å². The van der Waals surface area contributed by atoms with Gasteiger partial charge in [0.25, 0.3) is 0 Å². The maximum Gasteiger partial charge on any atom is 0.354 e. The van der Waals surface area contributed by atoms with Crippen LogP contribution in [-0.4, -0.2) is 24.6 Å². The van der Waals surface area contributed by atoms with Crippen molar-refractivity contribution in [2.75, 3.05) is 13.7 Å². The van der Waals surface area contributed by atoms with Gasteiger partial charge in [0.2, 0.25) is 0 Å². The number of H-pyrrole nitrogens is 1. The predicted octanol–water partition coefficient (Wildman–Crippen LogP) is 3.28. The molecule has 0 saturated heterocycles. The Bertz CT molecular complexity index is 681. The van der Waals surface area contributed by atoms with Crippen molar-refractivity contribution < 1.29 is 9.53 Å². The van der Waals surface area contributed by atoms with Gasteiger partial charge in [-0.25, -0.2) is 4.79 Å². The number of esters is 1. The third-order valence-corrected chi connectivity index (χ3v) is 2.61. The first-order valence-electron chi connectivity index (χ1n) is 5.63. The molecule has 0 aliphatic carbocycles. The zero-order valence-electron chi connectivity index (χ0n) is 10.3. The van der Waals surface area contributed by atoms with Gasteiger partial charge in [-0.3, -0.25) is 0 Å². The van der Waals surface area contributed by atoms with E-state index in [9.17, 15) is 4.79 Å². The van der Waals surface area contributed by atoms with Gasteiger partial charge < -0.3 is 9.72 Å². The number of hydrogen-bond acceptors (Lipinski definition) is 3. The molecule has 0 unspecified atom stereocenters. The molecule has 0 aliphatic heterocycles. The second-order valence-electron chi connectivity index (χ2n) is 3.84.